The van der Waals surface area contributed by atoms with Gasteiger partial charge in [-0.3, -0.25) is 9.59 Å². The molecule has 2 amide bonds. The van der Waals surface area contributed by atoms with Crippen LogP contribution in [-0.2, 0) is 14.3 Å². The molecular formula is C27H32N2O5. The van der Waals surface area contributed by atoms with Crippen LogP contribution >= 0.6 is 0 Å². The molecule has 3 atom stereocenters. The summed E-state index contributed by atoms with van der Waals surface area (Å²) in [4.78, 5) is 36.3. The number of alkyl carbamates (subject to hydrolysis) is 1. The zero-order valence-electron chi connectivity index (χ0n) is 19.6. The van der Waals surface area contributed by atoms with Crippen molar-refractivity contribution in [3.63, 3.8) is 0 Å². The van der Waals surface area contributed by atoms with E-state index in [9.17, 15) is 14.4 Å². The number of hydrogen-bond acceptors (Lipinski definition) is 4. The van der Waals surface area contributed by atoms with Gasteiger partial charge in [-0.2, -0.15) is 0 Å². The van der Waals surface area contributed by atoms with Crippen LogP contribution in [0.25, 0.3) is 11.1 Å². The van der Waals surface area contributed by atoms with E-state index >= 15 is 0 Å². The number of benzene rings is 2. The van der Waals surface area contributed by atoms with E-state index < -0.39 is 18.1 Å². The lowest BCUT2D eigenvalue weighted by atomic mass is 9.98. The topological polar surface area (TPSA) is 105 Å². The highest BCUT2D eigenvalue weighted by Gasteiger charge is 2.33. The van der Waals surface area contributed by atoms with E-state index in [0.717, 1.165) is 11.1 Å². The summed E-state index contributed by atoms with van der Waals surface area (Å²) >= 11 is 0. The molecule has 2 aromatic rings. The predicted octanol–water partition coefficient (Wildman–Crippen LogP) is 4.31. The Kier molecular flexibility index (Phi) is 7.20. The molecule has 0 radical (unpaired) electrons. The van der Waals surface area contributed by atoms with Crippen LogP contribution in [-0.4, -0.2) is 41.8 Å². The smallest absolute Gasteiger partial charge is 0.407 e. The Hall–Kier alpha value is -3.35. The van der Waals surface area contributed by atoms with Crippen molar-refractivity contribution in [3.05, 3.63) is 59.7 Å². The molecule has 2 aliphatic rings. The molecule has 0 aromatic heterocycles. The predicted molar refractivity (Wildman–Crippen MR) is 128 cm³/mol. The van der Waals surface area contributed by atoms with Gasteiger partial charge in [0.15, 0.2) is 0 Å². The highest BCUT2D eigenvalue weighted by molar-refractivity contribution is 5.81. The minimum Gasteiger partial charge on any atom is -0.481 e. The van der Waals surface area contributed by atoms with Gasteiger partial charge in [0.2, 0.25) is 5.91 Å². The first kappa shape index (κ1) is 23.8. The Bertz CT molecular complexity index is 1020. The van der Waals surface area contributed by atoms with Gasteiger partial charge in [0, 0.05) is 23.9 Å². The van der Waals surface area contributed by atoms with Crippen molar-refractivity contribution in [2.24, 2.45) is 11.8 Å². The summed E-state index contributed by atoms with van der Waals surface area (Å²) < 4.78 is 5.62. The van der Waals surface area contributed by atoms with Crippen LogP contribution in [0.5, 0.6) is 0 Å². The van der Waals surface area contributed by atoms with Crippen molar-refractivity contribution in [2.75, 3.05) is 6.61 Å². The maximum Gasteiger partial charge on any atom is 0.407 e. The van der Waals surface area contributed by atoms with Gasteiger partial charge < -0.3 is 20.5 Å². The lowest BCUT2D eigenvalue weighted by Gasteiger charge is -2.22. The average molecular weight is 465 g/mol. The van der Waals surface area contributed by atoms with Crippen LogP contribution in [0.4, 0.5) is 4.79 Å². The number of amides is 2. The fourth-order valence-electron chi connectivity index (χ4n) is 5.10. The number of nitrogens with one attached hydrogen (secondary N) is 2. The van der Waals surface area contributed by atoms with Gasteiger partial charge in [0.05, 0.1) is 6.42 Å². The first-order chi connectivity index (χ1) is 16.3. The summed E-state index contributed by atoms with van der Waals surface area (Å²) in [7, 11) is 0. The van der Waals surface area contributed by atoms with Crippen LogP contribution < -0.4 is 10.6 Å². The van der Waals surface area contributed by atoms with Crippen LogP contribution in [0.1, 0.15) is 56.6 Å². The normalized spacial score (nSPS) is 19.9. The molecule has 3 N–H and O–H groups in total. The van der Waals surface area contributed by atoms with Gasteiger partial charge >= 0.3 is 12.1 Å². The number of aliphatic carboxylic acids is 1. The highest BCUT2D eigenvalue weighted by Crippen LogP contribution is 2.44. The van der Waals surface area contributed by atoms with Gasteiger partial charge in [-0.15, -0.1) is 0 Å². The molecule has 7 nitrogen and oxygen atoms in total. The lowest BCUT2D eigenvalue weighted by Crippen LogP contribution is -2.43. The Morgan fingerprint density at radius 1 is 1.00 bits per heavy atom. The third-order valence-corrected chi connectivity index (χ3v) is 7.00. The van der Waals surface area contributed by atoms with E-state index in [1.165, 1.54) is 11.1 Å². The summed E-state index contributed by atoms with van der Waals surface area (Å²) in [6, 6.07) is 15.8. The molecule has 4 rings (SSSR count). The summed E-state index contributed by atoms with van der Waals surface area (Å²) in [6.45, 7) is 4.04. The summed E-state index contributed by atoms with van der Waals surface area (Å²) in [5, 5.41) is 14.9. The number of carboxylic acid groups (broad SMARTS) is 1. The number of fused-ring (bicyclic) bond motifs is 3. The van der Waals surface area contributed by atoms with Gasteiger partial charge in [-0.05, 0) is 47.4 Å². The summed E-state index contributed by atoms with van der Waals surface area (Å²) in [5.74, 6) is -1.29. The summed E-state index contributed by atoms with van der Waals surface area (Å²) in [5.41, 5.74) is 4.68. The minimum atomic E-state index is -0.930. The number of ether oxygens (including phenoxy) is 1. The second-order valence-corrected chi connectivity index (χ2v) is 9.63. The third kappa shape index (κ3) is 5.24. The van der Waals surface area contributed by atoms with Gasteiger partial charge in [-0.25, -0.2) is 4.79 Å². The molecule has 2 aliphatic carbocycles. The maximum absolute atomic E-state index is 12.7. The van der Waals surface area contributed by atoms with E-state index in [1.54, 1.807) is 0 Å². The van der Waals surface area contributed by atoms with Crippen LogP contribution in [0.15, 0.2) is 48.5 Å². The molecular weight excluding hydrogens is 432 g/mol. The molecule has 2 aromatic carbocycles. The molecule has 0 unspecified atom stereocenters. The van der Waals surface area contributed by atoms with E-state index in [4.69, 9.17) is 9.84 Å². The fraction of sp³-hybridized carbons (Fsp3) is 0.444. The monoisotopic (exact) mass is 464 g/mol. The van der Waals surface area contributed by atoms with Crippen molar-refractivity contribution < 1.29 is 24.2 Å². The van der Waals surface area contributed by atoms with E-state index in [-0.39, 0.29) is 42.7 Å². The molecule has 0 spiro atoms. The molecule has 0 bridgehead atoms. The Morgan fingerprint density at radius 2 is 1.62 bits per heavy atom. The van der Waals surface area contributed by atoms with E-state index in [1.807, 2.05) is 38.1 Å². The zero-order valence-corrected chi connectivity index (χ0v) is 19.6. The van der Waals surface area contributed by atoms with Crippen molar-refractivity contribution in [1.82, 2.24) is 10.6 Å². The Labute approximate surface area is 199 Å². The summed E-state index contributed by atoms with van der Waals surface area (Å²) in [6.07, 6.45) is 1.29. The molecule has 34 heavy (non-hydrogen) atoms. The highest BCUT2D eigenvalue weighted by atomic mass is 16.5. The number of carbonyl (C=O) groups excluding carboxylic acids is 2. The molecule has 1 fully saturated rings. The van der Waals surface area contributed by atoms with Crippen LogP contribution in [0.3, 0.4) is 0 Å². The molecule has 1 saturated carbocycles. The zero-order chi connectivity index (χ0) is 24.2. The first-order valence-corrected chi connectivity index (χ1v) is 12.0. The fourth-order valence-corrected chi connectivity index (χ4v) is 5.10. The third-order valence-electron chi connectivity index (χ3n) is 7.00. The maximum atomic E-state index is 12.7. The molecule has 0 saturated heterocycles. The average Bonchev–Trinajstić information content (AvgIpc) is 3.39. The molecule has 0 aliphatic heterocycles. The number of carboxylic acids is 1. The molecule has 180 valence electrons. The van der Waals surface area contributed by atoms with Crippen molar-refractivity contribution in [3.8, 4) is 11.1 Å². The Morgan fingerprint density at radius 3 is 2.21 bits per heavy atom. The largest absolute Gasteiger partial charge is 0.481 e. The second-order valence-electron chi connectivity index (χ2n) is 9.63. The molecule has 7 heteroatoms. The van der Waals surface area contributed by atoms with E-state index in [0.29, 0.717) is 19.3 Å². The van der Waals surface area contributed by atoms with Crippen molar-refractivity contribution in [2.45, 2.75) is 57.5 Å². The SMILES string of the molecule is CC(C)[C@H](CC(=O)O)NC(=O)[C@@H]1CC[C@H](NC(=O)OCC2c3ccccc3-c3ccccc32)C1. The lowest BCUT2D eigenvalue weighted by molar-refractivity contribution is -0.138. The van der Waals surface area contributed by atoms with Crippen LogP contribution in [0.2, 0.25) is 0 Å². The van der Waals surface area contributed by atoms with Crippen LogP contribution in [0, 0.1) is 11.8 Å². The number of carbonyl (C=O) groups is 3. The van der Waals surface area contributed by atoms with Gasteiger partial charge in [0.25, 0.3) is 0 Å². The first-order valence-electron chi connectivity index (χ1n) is 12.0. The molecule has 0 heterocycles. The Balaban J connectivity index is 1.29. The second kappa shape index (κ2) is 10.3. The minimum absolute atomic E-state index is 0.00227. The number of rotatable bonds is 8. The standard InChI is InChI=1S/C27H32N2O5/c1-16(2)24(14-25(30)31)29-26(32)17-11-12-18(13-17)28-27(33)34-15-23-21-9-5-3-7-19(21)20-8-4-6-10-22(20)23/h3-10,16-18,23-24H,11-15H2,1-2H3,(H,28,33)(H,29,32)(H,30,31)/t17-,18+,24+/m1/s1. The van der Waals surface area contributed by atoms with Gasteiger partial charge in [0.1, 0.15) is 6.61 Å². The van der Waals surface area contributed by atoms with E-state index in [2.05, 4.69) is 34.9 Å². The number of hydrogen-bond donors (Lipinski definition) is 3. The van der Waals surface area contributed by atoms with Crippen molar-refractivity contribution >= 4 is 18.0 Å². The van der Waals surface area contributed by atoms with Crippen molar-refractivity contribution in [1.29, 1.82) is 0 Å². The quantitative estimate of drug-likeness (QED) is 0.540. The van der Waals surface area contributed by atoms with Gasteiger partial charge in [-0.1, -0.05) is 62.4 Å².